The van der Waals surface area contributed by atoms with Crippen LogP contribution in [0.1, 0.15) is 36.0 Å². The van der Waals surface area contributed by atoms with Crippen LogP contribution < -0.4 is 5.32 Å². The summed E-state index contributed by atoms with van der Waals surface area (Å²) in [5.74, 6) is -0.180. The highest BCUT2D eigenvalue weighted by Crippen LogP contribution is 2.38. The molecule has 0 saturated heterocycles. The Balaban J connectivity index is 2.01. The molecule has 1 aliphatic carbocycles. The molecular weight excluding hydrogens is 288 g/mol. The first-order valence-electron chi connectivity index (χ1n) is 6.36. The summed E-state index contributed by atoms with van der Waals surface area (Å²) in [6.07, 6.45) is 4.38. The van der Waals surface area contributed by atoms with Gasteiger partial charge in [-0.25, -0.2) is 4.39 Å². The number of carbonyl (C=O) groups excluding carboxylic acids is 1. The molecule has 19 heavy (non-hydrogen) atoms. The number of halogens is 3. The summed E-state index contributed by atoms with van der Waals surface area (Å²) in [7, 11) is 0. The summed E-state index contributed by atoms with van der Waals surface area (Å²) in [4.78, 5) is 12.0. The second kappa shape index (κ2) is 6.10. The lowest BCUT2D eigenvalue weighted by molar-refractivity contribution is 0.0935. The Hall–Kier alpha value is -0.800. The van der Waals surface area contributed by atoms with Gasteiger partial charge in [0, 0.05) is 17.8 Å². The van der Waals surface area contributed by atoms with E-state index in [1.807, 2.05) is 0 Å². The summed E-state index contributed by atoms with van der Waals surface area (Å²) in [5.41, 5.74) is 0.301. The standard InChI is InChI=1S/C14H16Cl2FNO/c15-8-14(5-1-2-6-14)9-18-13(19)11-4-3-10(17)7-12(11)16/h3-4,7H,1-2,5-6,8-9H2,(H,18,19). The highest BCUT2D eigenvalue weighted by molar-refractivity contribution is 6.33. The van der Waals surface area contributed by atoms with Gasteiger partial charge in [0.05, 0.1) is 10.6 Å². The molecule has 104 valence electrons. The maximum atomic E-state index is 12.9. The zero-order chi connectivity index (χ0) is 13.9. The summed E-state index contributed by atoms with van der Waals surface area (Å²) in [6, 6.07) is 3.77. The highest BCUT2D eigenvalue weighted by atomic mass is 35.5. The molecule has 1 fully saturated rings. The van der Waals surface area contributed by atoms with Crippen LogP contribution >= 0.6 is 23.2 Å². The smallest absolute Gasteiger partial charge is 0.252 e. The lowest BCUT2D eigenvalue weighted by atomic mass is 9.88. The Morgan fingerprint density at radius 3 is 2.63 bits per heavy atom. The summed E-state index contributed by atoms with van der Waals surface area (Å²) in [5, 5.41) is 2.99. The van der Waals surface area contributed by atoms with E-state index in [2.05, 4.69) is 5.32 Å². The molecule has 2 rings (SSSR count). The lowest BCUT2D eigenvalue weighted by Crippen LogP contribution is -2.37. The zero-order valence-corrected chi connectivity index (χ0v) is 12.0. The number of rotatable bonds is 4. The van der Waals surface area contributed by atoms with Crippen molar-refractivity contribution in [3.05, 3.63) is 34.6 Å². The largest absolute Gasteiger partial charge is 0.351 e. The van der Waals surface area contributed by atoms with Crippen LogP contribution in [0, 0.1) is 11.2 Å². The monoisotopic (exact) mass is 303 g/mol. The number of amides is 1. The first kappa shape index (κ1) is 14.6. The van der Waals surface area contributed by atoms with Gasteiger partial charge in [0.15, 0.2) is 0 Å². The molecule has 2 nitrogen and oxygen atoms in total. The first-order valence-corrected chi connectivity index (χ1v) is 7.27. The van der Waals surface area contributed by atoms with Gasteiger partial charge in [-0.05, 0) is 31.0 Å². The number of hydrogen-bond donors (Lipinski definition) is 1. The minimum Gasteiger partial charge on any atom is -0.351 e. The van der Waals surface area contributed by atoms with Gasteiger partial charge in [0.25, 0.3) is 5.91 Å². The van der Waals surface area contributed by atoms with Gasteiger partial charge < -0.3 is 5.32 Å². The van der Waals surface area contributed by atoms with Crippen molar-refractivity contribution in [3.8, 4) is 0 Å². The van der Waals surface area contributed by atoms with E-state index in [1.165, 1.54) is 12.1 Å². The number of alkyl halides is 1. The molecular formula is C14H16Cl2FNO. The molecule has 1 amide bonds. The van der Waals surface area contributed by atoms with Crippen LogP contribution in [0.25, 0.3) is 0 Å². The Kier molecular flexibility index (Phi) is 4.69. The van der Waals surface area contributed by atoms with E-state index in [0.29, 0.717) is 18.0 Å². The van der Waals surface area contributed by atoms with Crippen LogP contribution in [-0.4, -0.2) is 18.3 Å². The molecule has 1 aromatic rings. The zero-order valence-electron chi connectivity index (χ0n) is 10.5. The van der Waals surface area contributed by atoms with Crippen molar-refractivity contribution in [1.82, 2.24) is 5.32 Å². The van der Waals surface area contributed by atoms with Crippen LogP contribution in [0.4, 0.5) is 4.39 Å². The van der Waals surface area contributed by atoms with Crippen molar-refractivity contribution in [2.75, 3.05) is 12.4 Å². The molecule has 0 aromatic heterocycles. The molecule has 0 aliphatic heterocycles. The molecule has 1 saturated carbocycles. The van der Waals surface area contributed by atoms with E-state index in [9.17, 15) is 9.18 Å². The summed E-state index contributed by atoms with van der Waals surface area (Å²) in [6.45, 7) is 0.545. The van der Waals surface area contributed by atoms with E-state index in [1.54, 1.807) is 0 Å². The normalized spacial score (nSPS) is 17.4. The van der Waals surface area contributed by atoms with Gasteiger partial charge in [-0.3, -0.25) is 4.79 Å². The van der Waals surface area contributed by atoms with Gasteiger partial charge in [0.1, 0.15) is 5.82 Å². The van der Waals surface area contributed by atoms with Crippen molar-refractivity contribution >= 4 is 29.1 Å². The molecule has 0 spiro atoms. The Labute approximate surface area is 122 Å². The van der Waals surface area contributed by atoms with Crippen LogP contribution in [0.2, 0.25) is 5.02 Å². The maximum Gasteiger partial charge on any atom is 0.252 e. The third kappa shape index (κ3) is 3.40. The van der Waals surface area contributed by atoms with Crippen LogP contribution in [0.5, 0.6) is 0 Å². The third-order valence-electron chi connectivity index (χ3n) is 3.75. The van der Waals surface area contributed by atoms with E-state index >= 15 is 0 Å². The molecule has 0 radical (unpaired) electrons. The second-order valence-corrected chi connectivity index (χ2v) is 5.82. The van der Waals surface area contributed by atoms with E-state index in [-0.39, 0.29) is 16.3 Å². The third-order valence-corrected chi connectivity index (χ3v) is 4.63. The molecule has 0 bridgehead atoms. The fourth-order valence-electron chi connectivity index (χ4n) is 2.52. The maximum absolute atomic E-state index is 12.9. The minimum absolute atomic E-state index is 0.00369. The van der Waals surface area contributed by atoms with E-state index in [4.69, 9.17) is 23.2 Å². The molecule has 0 heterocycles. The van der Waals surface area contributed by atoms with Gasteiger partial charge in [0.2, 0.25) is 0 Å². The summed E-state index contributed by atoms with van der Waals surface area (Å²) < 4.78 is 12.9. The summed E-state index contributed by atoms with van der Waals surface area (Å²) >= 11 is 11.9. The highest BCUT2D eigenvalue weighted by Gasteiger charge is 2.33. The number of hydrogen-bond acceptors (Lipinski definition) is 1. The van der Waals surface area contributed by atoms with E-state index < -0.39 is 5.82 Å². The van der Waals surface area contributed by atoms with Gasteiger partial charge >= 0.3 is 0 Å². The quantitative estimate of drug-likeness (QED) is 0.837. The van der Waals surface area contributed by atoms with Crippen LogP contribution in [0.3, 0.4) is 0 Å². The Morgan fingerprint density at radius 1 is 1.37 bits per heavy atom. The Bertz CT molecular complexity index is 473. The van der Waals surface area contributed by atoms with E-state index in [0.717, 1.165) is 31.7 Å². The molecule has 1 N–H and O–H groups in total. The van der Waals surface area contributed by atoms with Crippen LogP contribution in [-0.2, 0) is 0 Å². The molecule has 0 unspecified atom stereocenters. The lowest BCUT2D eigenvalue weighted by Gasteiger charge is -2.26. The van der Waals surface area contributed by atoms with Crippen molar-refractivity contribution in [2.45, 2.75) is 25.7 Å². The van der Waals surface area contributed by atoms with Crippen molar-refractivity contribution < 1.29 is 9.18 Å². The first-order chi connectivity index (χ1) is 9.06. The second-order valence-electron chi connectivity index (χ2n) is 5.15. The van der Waals surface area contributed by atoms with Crippen molar-refractivity contribution in [2.24, 2.45) is 5.41 Å². The number of nitrogens with one attached hydrogen (secondary N) is 1. The average molecular weight is 304 g/mol. The molecule has 5 heteroatoms. The molecule has 1 aromatic carbocycles. The number of benzene rings is 1. The molecule has 0 atom stereocenters. The fraction of sp³-hybridized carbons (Fsp3) is 0.500. The van der Waals surface area contributed by atoms with Gasteiger partial charge in [-0.15, -0.1) is 11.6 Å². The van der Waals surface area contributed by atoms with Gasteiger partial charge in [-0.1, -0.05) is 24.4 Å². The van der Waals surface area contributed by atoms with Crippen molar-refractivity contribution in [1.29, 1.82) is 0 Å². The predicted octanol–water partition coefficient (Wildman–Crippen LogP) is 4.01. The average Bonchev–Trinajstić information content (AvgIpc) is 2.85. The van der Waals surface area contributed by atoms with Crippen LogP contribution in [0.15, 0.2) is 18.2 Å². The minimum atomic E-state index is -0.449. The number of carbonyl (C=O) groups is 1. The predicted molar refractivity (Wildman–Crippen MR) is 75.4 cm³/mol. The SMILES string of the molecule is O=C(NCC1(CCl)CCCC1)c1ccc(F)cc1Cl. The van der Waals surface area contributed by atoms with Gasteiger partial charge in [-0.2, -0.15) is 0 Å². The topological polar surface area (TPSA) is 29.1 Å². The van der Waals surface area contributed by atoms with Crippen molar-refractivity contribution in [3.63, 3.8) is 0 Å². The Morgan fingerprint density at radius 2 is 2.05 bits per heavy atom. The fourth-order valence-corrected chi connectivity index (χ4v) is 3.13. The molecule has 1 aliphatic rings.